The molecule has 8 heteroatoms. The van der Waals surface area contributed by atoms with Crippen molar-refractivity contribution in [3.05, 3.63) is 32.6 Å². The van der Waals surface area contributed by atoms with Crippen molar-refractivity contribution in [1.82, 2.24) is 9.55 Å². The van der Waals surface area contributed by atoms with Crippen LogP contribution in [0.15, 0.2) is 15.8 Å². The van der Waals surface area contributed by atoms with Crippen molar-refractivity contribution in [3.8, 4) is 0 Å². The zero-order valence-corrected chi connectivity index (χ0v) is 12.1. The molecule has 1 aliphatic heterocycles. The van der Waals surface area contributed by atoms with Crippen LogP contribution >= 0.6 is 0 Å². The van der Waals surface area contributed by atoms with Gasteiger partial charge in [0.15, 0.2) is 0 Å². The number of aromatic nitrogens is 2. The summed E-state index contributed by atoms with van der Waals surface area (Å²) in [6.45, 7) is 4.88. The van der Waals surface area contributed by atoms with Crippen LogP contribution in [-0.2, 0) is 10.3 Å². The topological polar surface area (TPSA) is 125 Å². The lowest BCUT2D eigenvalue weighted by atomic mass is 10.0. The first kappa shape index (κ1) is 15.9. The van der Waals surface area contributed by atoms with E-state index in [4.69, 9.17) is 9.84 Å². The van der Waals surface area contributed by atoms with Crippen molar-refractivity contribution < 1.29 is 20.1 Å². The van der Waals surface area contributed by atoms with Crippen molar-refractivity contribution in [2.24, 2.45) is 0 Å². The highest BCUT2D eigenvalue weighted by Gasteiger charge is 2.44. The number of aliphatic hydroxyl groups is 3. The van der Waals surface area contributed by atoms with Gasteiger partial charge >= 0.3 is 5.69 Å². The van der Waals surface area contributed by atoms with Gasteiger partial charge in [-0.3, -0.25) is 14.3 Å². The molecule has 0 spiro atoms. The molecule has 2 heterocycles. The zero-order chi connectivity index (χ0) is 15.9. The number of rotatable bonds is 2. The molecule has 4 N–H and O–H groups in total. The summed E-state index contributed by atoms with van der Waals surface area (Å²) in [6, 6.07) is 0. The molecule has 1 fully saturated rings. The third-order valence-electron chi connectivity index (χ3n) is 3.54. The van der Waals surface area contributed by atoms with Gasteiger partial charge in [0.2, 0.25) is 0 Å². The summed E-state index contributed by atoms with van der Waals surface area (Å²) in [7, 11) is 0. The first-order valence-electron chi connectivity index (χ1n) is 6.65. The maximum Gasteiger partial charge on any atom is 0.328 e. The van der Waals surface area contributed by atoms with E-state index in [0.717, 1.165) is 0 Å². The van der Waals surface area contributed by atoms with E-state index in [2.05, 4.69) is 4.98 Å². The molecule has 0 saturated carbocycles. The third kappa shape index (κ3) is 2.80. The van der Waals surface area contributed by atoms with Crippen LogP contribution in [0.4, 0.5) is 0 Å². The highest BCUT2D eigenvalue weighted by atomic mass is 16.6. The molecule has 0 amide bonds. The van der Waals surface area contributed by atoms with E-state index in [1.165, 1.54) is 10.8 Å². The van der Waals surface area contributed by atoms with Gasteiger partial charge in [-0.1, -0.05) is 0 Å². The van der Waals surface area contributed by atoms with Gasteiger partial charge in [-0.25, -0.2) is 4.79 Å². The molecule has 0 unspecified atom stereocenters. The van der Waals surface area contributed by atoms with E-state index in [1.807, 2.05) is 0 Å². The molecule has 2 rings (SSSR count). The fraction of sp³-hybridized carbons (Fsp3) is 0.692. The van der Waals surface area contributed by atoms with Gasteiger partial charge in [-0.2, -0.15) is 0 Å². The normalized spacial score (nSPS) is 29.8. The number of aromatic amines is 1. The molecule has 8 nitrogen and oxygen atoms in total. The standard InChI is InChI=1S/C13H20N2O6/c1-13(2,3)15-4-6(11(19)14-12(15)20)10-9(18)8(17)7(5-16)21-10/h4,7-10,16-18H,5H2,1-3H3,(H,14,19,20)/t7-,8-,9-,10+/m1/s1. The molecule has 1 aromatic rings. The molecule has 1 aliphatic rings. The maximum atomic E-state index is 11.9. The summed E-state index contributed by atoms with van der Waals surface area (Å²) in [5.74, 6) is 0. The first-order chi connectivity index (χ1) is 9.66. The van der Waals surface area contributed by atoms with E-state index >= 15 is 0 Å². The van der Waals surface area contributed by atoms with Gasteiger partial charge in [0.25, 0.3) is 5.56 Å². The van der Waals surface area contributed by atoms with Crippen LogP contribution in [0.2, 0.25) is 0 Å². The second-order valence-electron chi connectivity index (χ2n) is 6.14. The summed E-state index contributed by atoms with van der Waals surface area (Å²) in [6.07, 6.45) is -3.40. The van der Waals surface area contributed by atoms with Crippen LogP contribution in [0.25, 0.3) is 0 Å². The minimum Gasteiger partial charge on any atom is -0.394 e. The summed E-state index contributed by atoms with van der Waals surface area (Å²) in [5, 5.41) is 28.8. The Bertz CT molecular complexity index is 629. The highest BCUT2D eigenvalue weighted by Crippen LogP contribution is 2.31. The lowest BCUT2D eigenvalue weighted by molar-refractivity contribution is -0.0234. The second-order valence-corrected chi connectivity index (χ2v) is 6.14. The second kappa shape index (κ2) is 5.38. The Morgan fingerprint density at radius 1 is 1.29 bits per heavy atom. The Morgan fingerprint density at radius 2 is 1.90 bits per heavy atom. The van der Waals surface area contributed by atoms with Crippen molar-refractivity contribution in [3.63, 3.8) is 0 Å². The number of ether oxygens (including phenoxy) is 1. The predicted octanol–water partition coefficient (Wildman–Crippen LogP) is -1.55. The molecule has 118 valence electrons. The van der Waals surface area contributed by atoms with Crippen molar-refractivity contribution in [2.45, 2.75) is 50.7 Å². The fourth-order valence-electron chi connectivity index (χ4n) is 2.34. The molecule has 0 aliphatic carbocycles. The van der Waals surface area contributed by atoms with Gasteiger partial charge in [0.05, 0.1) is 12.2 Å². The van der Waals surface area contributed by atoms with Crippen LogP contribution in [-0.4, -0.2) is 49.8 Å². The molecule has 0 aromatic carbocycles. The van der Waals surface area contributed by atoms with Gasteiger partial charge in [-0.15, -0.1) is 0 Å². The van der Waals surface area contributed by atoms with E-state index in [1.54, 1.807) is 20.8 Å². The van der Waals surface area contributed by atoms with Gasteiger partial charge in [0.1, 0.15) is 24.4 Å². The molecule has 21 heavy (non-hydrogen) atoms. The smallest absolute Gasteiger partial charge is 0.328 e. The lowest BCUT2D eigenvalue weighted by Gasteiger charge is -2.23. The Balaban J connectivity index is 2.50. The summed E-state index contributed by atoms with van der Waals surface area (Å²) >= 11 is 0. The van der Waals surface area contributed by atoms with Crippen LogP contribution in [0.5, 0.6) is 0 Å². The molecule has 0 bridgehead atoms. The summed E-state index contributed by atoms with van der Waals surface area (Å²) in [4.78, 5) is 26.0. The van der Waals surface area contributed by atoms with Crippen molar-refractivity contribution in [1.29, 1.82) is 0 Å². The van der Waals surface area contributed by atoms with Gasteiger partial charge in [-0.05, 0) is 20.8 Å². The molecule has 1 aromatic heterocycles. The zero-order valence-electron chi connectivity index (χ0n) is 12.1. The van der Waals surface area contributed by atoms with Crippen molar-refractivity contribution in [2.75, 3.05) is 6.61 Å². The first-order valence-corrected chi connectivity index (χ1v) is 6.65. The van der Waals surface area contributed by atoms with E-state index in [-0.39, 0.29) is 5.56 Å². The number of nitrogens with one attached hydrogen (secondary N) is 1. The van der Waals surface area contributed by atoms with Gasteiger partial charge in [0, 0.05) is 11.7 Å². The monoisotopic (exact) mass is 300 g/mol. The summed E-state index contributed by atoms with van der Waals surface area (Å²) < 4.78 is 6.64. The fourth-order valence-corrected chi connectivity index (χ4v) is 2.34. The van der Waals surface area contributed by atoms with E-state index in [0.29, 0.717) is 0 Å². The Kier molecular flexibility index (Phi) is 4.07. The number of aliphatic hydroxyl groups excluding tert-OH is 3. The molecule has 4 atom stereocenters. The van der Waals surface area contributed by atoms with E-state index < -0.39 is 47.8 Å². The number of nitrogens with zero attached hydrogens (tertiary/aromatic N) is 1. The van der Waals surface area contributed by atoms with Crippen LogP contribution < -0.4 is 11.2 Å². The van der Waals surface area contributed by atoms with Gasteiger partial charge < -0.3 is 20.1 Å². The molecular formula is C13H20N2O6. The van der Waals surface area contributed by atoms with Crippen molar-refractivity contribution >= 4 is 0 Å². The van der Waals surface area contributed by atoms with Crippen LogP contribution in [0.1, 0.15) is 32.4 Å². The number of H-pyrrole nitrogens is 1. The van der Waals surface area contributed by atoms with Crippen LogP contribution in [0.3, 0.4) is 0 Å². The Morgan fingerprint density at radius 3 is 2.38 bits per heavy atom. The largest absolute Gasteiger partial charge is 0.394 e. The summed E-state index contributed by atoms with van der Waals surface area (Å²) in [5.41, 5.74) is -1.79. The predicted molar refractivity (Wildman–Crippen MR) is 73.0 cm³/mol. The van der Waals surface area contributed by atoms with E-state index in [9.17, 15) is 19.8 Å². The molecular weight excluding hydrogens is 280 g/mol. The Hall–Kier alpha value is -1.48. The number of hydrogen-bond acceptors (Lipinski definition) is 6. The minimum absolute atomic E-state index is 0.0343. The Labute approximate surface area is 120 Å². The maximum absolute atomic E-state index is 11.9. The third-order valence-corrected chi connectivity index (χ3v) is 3.54. The molecule has 1 saturated heterocycles. The highest BCUT2D eigenvalue weighted by molar-refractivity contribution is 5.15. The van der Waals surface area contributed by atoms with Crippen LogP contribution in [0, 0.1) is 0 Å². The minimum atomic E-state index is -1.35. The number of hydrogen-bond donors (Lipinski definition) is 4. The molecule has 0 radical (unpaired) electrons. The SMILES string of the molecule is CC(C)(C)n1cc([C@@H]2O[C@H](CO)[C@@H](O)[C@H]2O)c(=O)[nH]c1=O. The lowest BCUT2D eigenvalue weighted by Crippen LogP contribution is -2.41. The quantitative estimate of drug-likeness (QED) is 0.524. The average molecular weight is 300 g/mol. The average Bonchev–Trinajstić information content (AvgIpc) is 2.65.